The third kappa shape index (κ3) is 4.79. The van der Waals surface area contributed by atoms with Gasteiger partial charge in [-0.3, -0.25) is 0 Å². The summed E-state index contributed by atoms with van der Waals surface area (Å²) in [7, 11) is 0. The van der Waals surface area contributed by atoms with Gasteiger partial charge in [-0.25, -0.2) is 0 Å². The number of likely N-dealkylation sites (N-methyl/N-ethyl adjacent to an activating group) is 1. The topological polar surface area (TPSA) is 45.8 Å². The molecule has 2 N–H and O–H groups in total. The van der Waals surface area contributed by atoms with Crippen LogP contribution >= 0.6 is 12.2 Å². The Hall–Kier alpha value is -2.47. The summed E-state index contributed by atoms with van der Waals surface area (Å²) < 4.78 is 11.1. The molecule has 0 saturated carbocycles. The fraction of sp³-hybridized carbons (Fsp3) is 0.350. The molecule has 2 aromatic carbocycles. The molecule has 3 rings (SSSR count). The van der Waals surface area contributed by atoms with E-state index in [9.17, 15) is 0 Å². The number of benzene rings is 2. The quantitative estimate of drug-likeness (QED) is 0.757. The fourth-order valence-corrected chi connectivity index (χ4v) is 3.05. The van der Waals surface area contributed by atoms with E-state index in [4.69, 9.17) is 21.7 Å². The van der Waals surface area contributed by atoms with Crippen LogP contribution in [0.3, 0.4) is 0 Å². The van der Waals surface area contributed by atoms with Crippen molar-refractivity contribution in [3.8, 4) is 11.5 Å². The number of fused-ring (bicyclic) bond motifs is 1. The molecule has 0 aromatic heterocycles. The molecule has 0 unspecified atom stereocenters. The Morgan fingerprint density at radius 2 is 1.81 bits per heavy atom. The molecule has 1 aliphatic rings. The summed E-state index contributed by atoms with van der Waals surface area (Å²) in [5.41, 5.74) is 3.39. The van der Waals surface area contributed by atoms with Gasteiger partial charge in [0.2, 0.25) is 0 Å². The van der Waals surface area contributed by atoms with Gasteiger partial charge < -0.3 is 25.0 Å². The number of thiocarbonyl (C=S) groups is 1. The first kappa shape index (κ1) is 18.3. The van der Waals surface area contributed by atoms with E-state index in [0.717, 1.165) is 36.8 Å². The van der Waals surface area contributed by atoms with Gasteiger partial charge in [0.05, 0.1) is 0 Å². The van der Waals surface area contributed by atoms with E-state index in [1.807, 2.05) is 18.2 Å². The molecule has 1 aliphatic heterocycles. The minimum Gasteiger partial charge on any atom is -0.486 e. The van der Waals surface area contributed by atoms with Crippen molar-refractivity contribution in [1.29, 1.82) is 0 Å². The predicted molar refractivity (Wildman–Crippen MR) is 111 cm³/mol. The summed E-state index contributed by atoms with van der Waals surface area (Å²) in [5.74, 6) is 1.53. The van der Waals surface area contributed by atoms with Crippen molar-refractivity contribution >= 4 is 28.7 Å². The smallest absolute Gasteiger partial charge is 0.170 e. The van der Waals surface area contributed by atoms with Crippen molar-refractivity contribution in [2.75, 3.05) is 43.1 Å². The summed E-state index contributed by atoms with van der Waals surface area (Å²) >= 11 is 5.40. The minimum absolute atomic E-state index is 0.574. The monoisotopic (exact) mass is 371 g/mol. The lowest BCUT2D eigenvalue weighted by Gasteiger charge is -2.24. The molecule has 0 saturated heterocycles. The molecule has 0 spiro atoms. The molecule has 0 fully saturated rings. The summed E-state index contributed by atoms with van der Waals surface area (Å²) in [6.45, 7) is 8.02. The molecule has 2 aromatic rings. The first-order valence-electron chi connectivity index (χ1n) is 8.92. The van der Waals surface area contributed by atoms with Crippen LogP contribution in [0.2, 0.25) is 0 Å². The average Bonchev–Trinajstić information content (AvgIpc) is 2.66. The molecular weight excluding hydrogens is 346 g/mol. The molecule has 138 valence electrons. The second-order valence-electron chi connectivity index (χ2n) is 6.15. The normalized spacial score (nSPS) is 12.4. The van der Waals surface area contributed by atoms with E-state index >= 15 is 0 Å². The maximum Gasteiger partial charge on any atom is 0.170 e. The Balaban J connectivity index is 1.48. The van der Waals surface area contributed by atoms with Gasteiger partial charge in [0.25, 0.3) is 0 Å². The Morgan fingerprint density at radius 3 is 2.54 bits per heavy atom. The highest BCUT2D eigenvalue weighted by Crippen LogP contribution is 2.32. The highest BCUT2D eigenvalue weighted by molar-refractivity contribution is 7.80. The minimum atomic E-state index is 0.574. The molecule has 26 heavy (non-hydrogen) atoms. The molecule has 0 radical (unpaired) electrons. The number of aryl methyl sites for hydroxylation is 1. The van der Waals surface area contributed by atoms with Crippen molar-refractivity contribution in [2.24, 2.45) is 0 Å². The third-order valence-electron chi connectivity index (χ3n) is 4.25. The number of anilines is 2. The Morgan fingerprint density at radius 1 is 1.08 bits per heavy atom. The maximum absolute atomic E-state index is 5.59. The third-order valence-corrected chi connectivity index (χ3v) is 4.49. The molecule has 0 atom stereocenters. The number of hydrogen-bond donors (Lipinski definition) is 2. The van der Waals surface area contributed by atoms with E-state index in [1.54, 1.807) is 0 Å². The van der Waals surface area contributed by atoms with Crippen LogP contribution in [0.25, 0.3) is 0 Å². The number of nitrogens with one attached hydrogen (secondary N) is 2. The van der Waals surface area contributed by atoms with E-state index in [-0.39, 0.29) is 0 Å². The zero-order chi connectivity index (χ0) is 18.4. The van der Waals surface area contributed by atoms with Crippen molar-refractivity contribution in [1.82, 2.24) is 5.32 Å². The number of rotatable bonds is 6. The van der Waals surface area contributed by atoms with Crippen molar-refractivity contribution in [2.45, 2.75) is 13.8 Å². The van der Waals surface area contributed by atoms with Crippen LogP contribution in [0.1, 0.15) is 12.5 Å². The van der Waals surface area contributed by atoms with E-state index < -0.39 is 0 Å². The molecule has 0 amide bonds. The van der Waals surface area contributed by atoms with Crippen LogP contribution < -0.4 is 25.0 Å². The van der Waals surface area contributed by atoms with Gasteiger partial charge in [0.15, 0.2) is 16.6 Å². The van der Waals surface area contributed by atoms with Crippen LogP contribution in [0.4, 0.5) is 11.4 Å². The highest BCUT2D eigenvalue weighted by atomic mass is 32.1. The zero-order valence-electron chi connectivity index (χ0n) is 15.2. The SMILES string of the molecule is CCN(CCNC(=S)Nc1ccc2c(c1)OCCO2)c1ccc(C)cc1. The lowest BCUT2D eigenvalue weighted by Crippen LogP contribution is -2.36. The predicted octanol–water partition coefficient (Wildman–Crippen LogP) is 3.58. The lowest BCUT2D eigenvalue weighted by atomic mass is 10.2. The zero-order valence-corrected chi connectivity index (χ0v) is 16.1. The molecule has 1 heterocycles. The van der Waals surface area contributed by atoms with Crippen LogP contribution in [-0.2, 0) is 0 Å². The average molecular weight is 372 g/mol. The highest BCUT2D eigenvalue weighted by Gasteiger charge is 2.12. The van der Waals surface area contributed by atoms with Crippen molar-refractivity contribution in [3.05, 3.63) is 48.0 Å². The molecule has 0 aliphatic carbocycles. The molecule has 6 heteroatoms. The van der Waals surface area contributed by atoms with Crippen LogP contribution in [-0.4, -0.2) is 38.0 Å². The maximum atomic E-state index is 5.59. The van der Waals surface area contributed by atoms with Gasteiger partial charge in [-0.1, -0.05) is 17.7 Å². The summed E-state index contributed by atoms with van der Waals surface area (Å²) in [5, 5.41) is 7.06. The Labute approximate surface area is 160 Å². The Bertz CT molecular complexity index is 749. The second-order valence-corrected chi connectivity index (χ2v) is 6.56. The van der Waals surface area contributed by atoms with Gasteiger partial charge >= 0.3 is 0 Å². The van der Waals surface area contributed by atoms with Gasteiger partial charge in [0.1, 0.15) is 13.2 Å². The van der Waals surface area contributed by atoms with Crippen LogP contribution in [0.5, 0.6) is 11.5 Å². The number of nitrogens with zero attached hydrogens (tertiary/aromatic N) is 1. The van der Waals surface area contributed by atoms with Crippen molar-refractivity contribution < 1.29 is 9.47 Å². The lowest BCUT2D eigenvalue weighted by molar-refractivity contribution is 0.171. The first-order valence-corrected chi connectivity index (χ1v) is 9.32. The Kier molecular flexibility index (Phi) is 6.17. The summed E-state index contributed by atoms with van der Waals surface area (Å²) in [4.78, 5) is 2.32. The van der Waals surface area contributed by atoms with Gasteiger partial charge in [-0.15, -0.1) is 0 Å². The molecule has 5 nitrogen and oxygen atoms in total. The van der Waals surface area contributed by atoms with E-state index in [0.29, 0.717) is 18.3 Å². The largest absolute Gasteiger partial charge is 0.486 e. The fourth-order valence-electron chi connectivity index (χ4n) is 2.83. The molecular formula is C20H25N3O2S. The van der Waals surface area contributed by atoms with Gasteiger partial charge in [-0.2, -0.15) is 0 Å². The van der Waals surface area contributed by atoms with Crippen molar-refractivity contribution in [3.63, 3.8) is 0 Å². The summed E-state index contributed by atoms with van der Waals surface area (Å²) in [6.07, 6.45) is 0. The van der Waals surface area contributed by atoms with Gasteiger partial charge in [0, 0.05) is 37.1 Å². The van der Waals surface area contributed by atoms with Gasteiger partial charge in [-0.05, 0) is 50.3 Å². The van der Waals surface area contributed by atoms with E-state index in [1.165, 1.54) is 11.3 Å². The number of hydrogen-bond acceptors (Lipinski definition) is 4. The summed E-state index contributed by atoms with van der Waals surface area (Å²) in [6, 6.07) is 14.3. The standard InChI is InChI=1S/C20H25N3O2S/c1-3-23(17-7-4-15(2)5-8-17)11-10-21-20(26)22-16-6-9-18-19(14-16)25-13-12-24-18/h4-9,14H,3,10-13H2,1-2H3,(H2,21,22,26). The van der Waals surface area contributed by atoms with E-state index in [2.05, 4.69) is 53.6 Å². The second kappa shape index (κ2) is 8.76. The number of ether oxygens (including phenoxy) is 2. The molecule has 0 bridgehead atoms. The van der Waals surface area contributed by atoms with Crippen LogP contribution in [0.15, 0.2) is 42.5 Å². The van der Waals surface area contributed by atoms with Crippen LogP contribution in [0, 0.1) is 6.92 Å². The first-order chi connectivity index (χ1) is 12.7.